The first kappa shape index (κ1) is 15.4. The molecule has 0 saturated carbocycles. The normalized spacial score (nSPS) is 9.86. The molecule has 0 unspecified atom stereocenters. The number of carbonyl (C=O) groups is 2. The summed E-state index contributed by atoms with van der Waals surface area (Å²) in [5.74, 6) is 0.0682. The molecule has 0 heterocycles. The predicted octanol–water partition coefficient (Wildman–Crippen LogP) is 1.84. The van der Waals surface area contributed by atoms with Crippen LogP contribution in [-0.2, 0) is 4.79 Å². The summed E-state index contributed by atoms with van der Waals surface area (Å²) >= 11 is 0. The zero-order chi connectivity index (χ0) is 15.9. The van der Waals surface area contributed by atoms with E-state index in [0.29, 0.717) is 11.3 Å². The van der Waals surface area contributed by atoms with Crippen LogP contribution in [0.5, 0.6) is 5.75 Å². The molecule has 0 saturated heterocycles. The Bertz CT molecular complexity index is 651. The number of anilines is 2. The van der Waals surface area contributed by atoms with Gasteiger partial charge in [-0.2, -0.15) is 0 Å². The molecule has 6 nitrogen and oxygen atoms in total. The maximum absolute atomic E-state index is 11.8. The third kappa shape index (κ3) is 4.24. The van der Waals surface area contributed by atoms with Crippen LogP contribution in [0.15, 0.2) is 48.5 Å². The zero-order valence-electron chi connectivity index (χ0n) is 12.1. The highest BCUT2D eigenvalue weighted by Gasteiger charge is 2.04. The molecule has 6 heteroatoms. The molecule has 4 N–H and O–H groups in total. The highest BCUT2D eigenvalue weighted by molar-refractivity contribution is 5.94. The number of hydrogen-bond donors (Lipinski definition) is 3. The molecular formula is C16H17N3O3. The Labute approximate surface area is 128 Å². The monoisotopic (exact) mass is 299 g/mol. The first-order valence-corrected chi connectivity index (χ1v) is 6.66. The van der Waals surface area contributed by atoms with E-state index in [4.69, 9.17) is 10.5 Å². The van der Waals surface area contributed by atoms with Gasteiger partial charge in [0.2, 0.25) is 11.8 Å². The van der Waals surface area contributed by atoms with Gasteiger partial charge in [-0.3, -0.25) is 9.59 Å². The zero-order valence-corrected chi connectivity index (χ0v) is 12.1. The molecule has 0 fully saturated rings. The van der Waals surface area contributed by atoms with Gasteiger partial charge in [-0.25, -0.2) is 0 Å². The van der Waals surface area contributed by atoms with Gasteiger partial charge in [0.25, 0.3) is 0 Å². The van der Waals surface area contributed by atoms with E-state index in [1.54, 1.807) is 55.6 Å². The van der Waals surface area contributed by atoms with E-state index in [1.165, 1.54) is 0 Å². The number of ether oxygens (including phenoxy) is 1. The Morgan fingerprint density at radius 2 is 1.59 bits per heavy atom. The van der Waals surface area contributed by atoms with Crippen LogP contribution in [0, 0.1) is 0 Å². The quantitative estimate of drug-likeness (QED) is 0.758. The summed E-state index contributed by atoms with van der Waals surface area (Å²) in [6.45, 7) is 0.113. The van der Waals surface area contributed by atoms with Crippen molar-refractivity contribution in [2.45, 2.75) is 0 Å². The largest absolute Gasteiger partial charge is 0.497 e. The van der Waals surface area contributed by atoms with E-state index in [9.17, 15) is 9.59 Å². The van der Waals surface area contributed by atoms with Crippen LogP contribution in [0.1, 0.15) is 10.4 Å². The smallest absolute Gasteiger partial charge is 0.248 e. The minimum atomic E-state index is -0.483. The number of methoxy groups -OCH3 is 1. The standard InChI is InChI=1S/C16H17N3O3/c1-22-14-8-6-13(7-9-14)19-15(20)10-18-12-4-2-11(3-5-12)16(17)21/h2-9,18H,10H2,1H3,(H2,17,21)(H,19,20). The van der Waals surface area contributed by atoms with Crippen LogP contribution in [0.3, 0.4) is 0 Å². The van der Waals surface area contributed by atoms with E-state index < -0.39 is 5.91 Å². The van der Waals surface area contributed by atoms with Gasteiger partial charge in [0.1, 0.15) is 5.75 Å². The van der Waals surface area contributed by atoms with Crippen LogP contribution in [0.4, 0.5) is 11.4 Å². The molecule has 114 valence electrons. The van der Waals surface area contributed by atoms with Crippen molar-refractivity contribution in [3.63, 3.8) is 0 Å². The van der Waals surface area contributed by atoms with Crippen LogP contribution in [-0.4, -0.2) is 25.5 Å². The summed E-state index contributed by atoms with van der Waals surface area (Å²) in [5, 5.41) is 5.73. The Balaban J connectivity index is 1.85. The van der Waals surface area contributed by atoms with Gasteiger partial charge in [-0.15, -0.1) is 0 Å². The number of benzene rings is 2. The van der Waals surface area contributed by atoms with E-state index in [0.717, 1.165) is 11.4 Å². The van der Waals surface area contributed by atoms with Crippen molar-refractivity contribution in [2.24, 2.45) is 5.73 Å². The van der Waals surface area contributed by atoms with Gasteiger partial charge < -0.3 is 21.1 Å². The number of carbonyl (C=O) groups excluding carboxylic acids is 2. The van der Waals surface area contributed by atoms with Gasteiger partial charge in [-0.1, -0.05) is 0 Å². The lowest BCUT2D eigenvalue weighted by atomic mass is 10.2. The number of hydrogen-bond acceptors (Lipinski definition) is 4. The Hall–Kier alpha value is -3.02. The van der Waals surface area contributed by atoms with Crippen molar-refractivity contribution in [3.8, 4) is 5.75 Å². The number of rotatable bonds is 6. The average Bonchev–Trinajstić information content (AvgIpc) is 2.54. The predicted molar refractivity (Wildman–Crippen MR) is 85.1 cm³/mol. The lowest BCUT2D eigenvalue weighted by molar-refractivity contribution is -0.114. The maximum Gasteiger partial charge on any atom is 0.248 e. The highest BCUT2D eigenvalue weighted by atomic mass is 16.5. The van der Waals surface area contributed by atoms with Crippen LogP contribution in [0.25, 0.3) is 0 Å². The summed E-state index contributed by atoms with van der Waals surface area (Å²) in [6, 6.07) is 13.7. The molecule has 0 bridgehead atoms. The van der Waals surface area contributed by atoms with E-state index in [2.05, 4.69) is 10.6 Å². The van der Waals surface area contributed by atoms with Crippen molar-refractivity contribution < 1.29 is 14.3 Å². The van der Waals surface area contributed by atoms with Crippen molar-refractivity contribution in [1.29, 1.82) is 0 Å². The van der Waals surface area contributed by atoms with Gasteiger partial charge in [-0.05, 0) is 48.5 Å². The summed E-state index contributed by atoms with van der Waals surface area (Å²) in [4.78, 5) is 22.8. The molecule has 0 aliphatic rings. The molecule has 0 atom stereocenters. The summed E-state index contributed by atoms with van der Waals surface area (Å²) in [6.07, 6.45) is 0. The van der Waals surface area contributed by atoms with E-state index in [-0.39, 0.29) is 12.5 Å². The molecule has 0 spiro atoms. The number of nitrogens with one attached hydrogen (secondary N) is 2. The third-order valence-corrected chi connectivity index (χ3v) is 3.00. The van der Waals surface area contributed by atoms with E-state index in [1.807, 2.05) is 0 Å². The minimum absolute atomic E-state index is 0.113. The van der Waals surface area contributed by atoms with Crippen molar-refractivity contribution in [3.05, 3.63) is 54.1 Å². The second-order valence-electron chi connectivity index (χ2n) is 4.57. The van der Waals surface area contributed by atoms with Crippen molar-refractivity contribution in [1.82, 2.24) is 0 Å². The summed E-state index contributed by atoms with van der Waals surface area (Å²) in [7, 11) is 1.58. The number of amides is 2. The molecule has 0 radical (unpaired) electrons. The number of primary amides is 1. The summed E-state index contributed by atoms with van der Waals surface area (Å²) in [5.41, 5.74) is 7.01. The molecule has 0 aliphatic carbocycles. The van der Waals surface area contributed by atoms with E-state index >= 15 is 0 Å². The van der Waals surface area contributed by atoms with Gasteiger partial charge >= 0.3 is 0 Å². The van der Waals surface area contributed by atoms with Crippen LogP contribution < -0.4 is 21.1 Å². The molecule has 22 heavy (non-hydrogen) atoms. The van der Waals surface area contributed by atoms with Crippen molar-refractivity contribution in [2.75, 3.05) is 24.3 Å². The Morgan fingerprint density at radius 3 is 2.14 bits per heavy atom. The molecule has 2 aromatic carbocycles. The van der Waals surface area contributed by atoms with Crippen LogP contribution in [0.2, 0.25) is 0 Å². The van der Waals surface area contributed by atoms with Gasteiger partial charge in [0, 0.05) is 16.9 Å². The SMILES string of the molecule is COc1ccc(NC(=O)CNc2ccc(C(N)=O)cc2)cc1. The fourth-order valence-corrected chi connectivity index (χ4v) is 1.81. The molecule has 2 aromatic rings. The first-order chi connectivity index (χ1) is 10.6. The maximum atomic E-state index is 11.8. The molecule has 0 aliphatic heterocycles. The van der Waals surface area contributed by atoms with Crippen molar-refractivity contribution >= 4 is 23.2 Å². The lowest BCUT2D eigenvalue weighted by Gasteiger charge is -2.08. The number of nitrogens with two attached hydrogens (primary N) is 1. The average molecular weight is 299 g/mol. The fraction of sp³-hybridized carbons (Fsp3) is 0.125. The van der Waals surface area contributed by atoms with Crippen LogP contribution >= 0.6 is 0 Å². The molecular weight excluding hydrogens is 282 g/mol. The van der Waals surface area contributed by atoms with Gasteiger partial charge in [0.15, 0.2) is 0 Å². The highest BCUT2D eigenvalue weighted by Crippen LogP contribution is 2.15. The fourth-order valence-electron chi connectivity index (χ4n) is 1.81. The molecule has 2 rings (SSSR count). The first-order valence-electron chi connectivity index (χ1n) is 6.66. The minimum Gasteiger partial charge on any atom is -0.497 e. The van der Waals surface area contributed by atoms with Gasteiger partial charge in [0.05, 0.1) is 13.7 Å². The second kappa shape index (κ2) is 7.12. The Morgan fingerprint density at radius 1 is 1.00 bits per heavy atom. The second-order valence-corrected chi connectivity index (χ2v) is 4.57. The lowest BCUT2D eigenvalue weighted by Crippen LogP contribution is -2.21. The Kier molecular flexibility index (Phi) is 4.98. The third-order valence-electron chi connectivity index (χ3n) is 3.00. The molecule has 0 aromatic heterocycles. The molecule has 2 amide bonds. The topological polar surface area (TPSA) is 93.4 Å². The summed E-state index contributed by atoms with van der Waals surface area (Å²) < 4.78 is 5.05.